The lowest BCUT2D eigenvalue weighted by molar-refractivity contribution is -0.153. The van der Waals surface area contributed by atoms with E-state index in [1.54, 1.807) is 6.20 Å². The van der Waals surface area contributed by atoms with Gasteiger partial charge < -0.3 is 14.8 Å². The van der Waals surface area contributed by atoms with E-state index in [1.807, 2.05) is 63.2 Å². The second-order valence-corrected chi connectivity index (χ2v) is 7.84. The molecule has 0 bridgehead atoms. The van der Waals surface area contributed by atoms with E-state index in [4.69, 9.17) is 4.74 Å². The van der Waals surface area contributed by atoms with Gasteiger partial charge in [0.1, 0.15) is 5.60 Å². The predicted molar refractivity (Wildman–Crippen MR) is 108 cm³/mol. The van der Waals surface area contributed by atoms with E-state index in [0.717, 1.165) is 32.6 Å². The van der Waals surface area contributed by atoms with Gasteiger partial charge in [-0.25, -0.2) is 0 Å². The first-order valence-corrected chi connectivity index (χ1v) is 9.07. The molecule has 28 heavy (non-hydrogen) atoms. The molecule has 0 saturated heterocycles. The van der Waals surface area contributed by atoms with Gasteiger partial charge in [-0.05, 0) is 55.8 Å². The number of esters is 1. The highest BCUT2D eigenvalue weighted by Crippen LogP contribution is 2.29. The number of aromatic nitrogens is 1. The Morgan fingerprint density at radius 1 is 1.21 bits per heavy atom. The molecule has 6 nitrogen and oxygen atoms in total. The highest BCUT2D eigenvalue weighted by Gasteiger charge is 2.17. The van der Waals surface area contributed by atoms with Gasteiger partial charge in [-0.2, -0.15) is 10.2 Å². The number of carbonyl (C=O) groups is 1. The number of hydrogen-bond donors (Lipinski definition) is 2. The summed E-state index contributed by atoms with van der Waals surface area (Å²) in [6.45, 7) is 5.54. The van der Waals surface area contributed by atoms with Crippen molar-refractivity contribution < 1.29 is 14.6 Å². The number of azo groups is 1. The molecular weight excluding hydrogens is 354 g/mol. The predicted octanol–water partition coefficient (Wildman–Crippen LogP) is 3.42. The number of nitrogens with one attached hydrogen (secondary N) is 1. The third-order valence-electron chi connectivity index (χ3n) is 4.38. The summed E-state index contributed by atoms with van der Waals surface area (Å²) in [6, 6.07) is 11.4. The molecule has 0 atom stereocenters. The smallest absolute Gasteiger partial charge is 0.310 e. The molecule has 6 heteroatoms. The molecule has 2 N–H and O–H groups in total. The van der Waals surface area contributed by atoms with Gasteiger partial charge in [-0.1, -0.05) is 18.2 Å². The minimum Gasteiger partial charge on any atom is -0.494 e. The molecule has 0 unspecified atom stereocenters. The summed E-state index contributed by atoms with van der Waals surface area (Å²) < 4.78 is 5.40. The number of hydrogen-bond acceptors (Lipinski definition) is 5. The Morgan fingerprint density at radius 2 is 2.04 bits per heavy atom. The second-order valence-electron chi connectivity index (χ2n) is 7.84. The third kappa shape index (κ3) is 3.67. The highest BCUT2D eigenvalue weighted by molar-refractivity contribution is 5.92. The number of ether oxygens (including phenoxy) is 1. The Labute approximate surface area is 161 Å². The minimum absolute atomic E-state index is 0.0816. The molecule has 2 aromatic carbocycles. The van der Waals surface area contributed by atoms with Crippen molar-refractivity contribution in [3.63, 3.8) is 0 Å². The van der Waals surface area contributed by atoms with E-state index in [0.29, 0.717) is 5.56 Å². The van der Waals surface area contributed by atoms with Crippen LogP contribution in [-0.2, 0) is 16.0 Å². The topological polar surface area (TPSA) is 87.0 Å². The second kappa shape index (κ2) is 6.64. The highest BCUT2D eigenvalue weighted by atomic mass is 16.6. The number of nitrogens with zero attached hydrogens (tertiary/aromatic N) is 2. The Kier molecular flexibility index (Phi) is 4.26. The summed E-state index contributed by atoms with van der Waals surface area (Å²) in [5.41, 5.74) is 2.58. The van der Waals surface area contributed by atoms with Crippen LogP contribution in [0.3, 0.4) is 0 Å². The number of aromatic hydroxyl groups is 1. The molecule has 1 aromatic heterocycles. The van der Waals surface area contributed by atoms with Crippen molar-refractivity contribution in [1.29, 1.82) is 0 Å². The maximum atomic E-state index is 12.1. The summed E-state index contributed by atoms with van der Waals surface area (Å²) in [6.07, 6.45) is 3.78. The molecule has 0 fully saturated rings. The molecule has 2 heterocycles. The van der Waals surface area contributed by atoms with Gasteiger partial charge >= 0.3 is 5.97 Å². The summed E-state index contributed by atoms with van der Waals surface area (Å²) in [5.74, 6) is -0.199. The summed E-state index contributed by atoms with van der Waals surface area (Å²) in [5, 5.41) is 21.1. The number of fused-ring (bicyclic) bond motifs is 2. The monoisotopic (exact) mass is 375 g/mol. The van der Waals surface area contributed by atoms with E-state index in [1.165, 1.54) is 0 Å². The third-order valence-corrected chi connectivity index (χ3v) is 4.38. The average molecular weight is 375 g/mol. The van der Waals surface area contributed by atoms with Crippen LogP contribution in [0.15, 0.2) is 46.6 Å². The zero-order chi connectivity index (χ0) is 19.9. The van der Waals surface area contributed by atoms with E-state index < -0.39 is 5.60 Å². The Balaban J connectivity index is 1.72. The molecular formula is C22H21N3O3. The number of rotatable bonds is 3. The van der Waals surface area contributed by atoms with Crippen LogP contribution < -0.4 is 10.4 Å². The number of carbonyl (C=O) groups excluding carboxylic acids is 1. The fraction of sp³-hybridized carbons (Fsp3) is 0.227. The zero-order valence-corrected chi connectivity index (χ0v) is 16.0. The Morgan fingerprint density at radius 3 is 2.82 bits per heavy atom. The van der Waals surface area contributed by atoms with Crippen LogP contribution in [0, 0.1) is 0 Å². The minimum atomic E-state index is -0.519. The van der Waals surface area contributed by atoms with Crippen molar-refractivity contribution >= 4 is 34.8 Å². The first-order valence-electron chi connectivity index (χ1n) is 9.07. The Hall–Kier alpha value is -3.41. The van der Waals surface area contributed by atoms with Crippen molar-refractivity contribution in [2.45, 2.75) is 32.8 Å². The van der Waals surface area contributed by atoms with Crippen molar-refractivity contribution in [1.82, 2.24) is 4.98 Å². The molecule has 1 aliphatic rings. The van der Waals surface area contributed by atoms with Crippen LogP contribution >= 0.6 is 0 Å². The number of aromatic amines is 1. The van der Waals surface area contributed by atoms with E-state index in [2.05, 4.69) is 15.2 Å². The van der Waals surface area contributed by atoms with Crippen molar-refractivity contribution in [3.05, 3.63) is 58.0 Å². The maximum Gasteiger partial charge on any atom is 0.310 e. The van der Waals surface area contributed by atoms with Gasteiger partial charge in [0.15, 0.2) is 5.88 Å². The van der Waals surface area contributed by atoms with Gasteiger partial charge in [0.25, 0.3) is 0 Å². The molecule has 142 valence electrons. The average Bonchev–Trinajstić information content (AvgIpc) is 3.18. The van der Waals surface area contributed by atoms with E-state index in [9.17, 15) is 9.90 Å². The van der Waals surface area contributed by atoms with Crippen LogP contribution in [-0.4, -0.2) is 21.7 Å². The maximum absolute atomic E-state index is 12.1. The molecule has 4 rings (SSSR count). The number of benzene rings is 2. The van der Waals surface area contributed by atoms with Crippen molar-refractivity contribution in [3.8, 4) is 5.88 Å². The molecule has 3 aromatic rings. The molecule has 1 aliphatic heterocycles. The molecule has 0 amide bonds. The molecule has 0 radical (unpaired) electrons. The quantitative estimate of drug-likeness (QED) is 0.688. The van der Waals surface area contributed by atoms with Crippen LogP contribution in [0.5, 0.6) is 5.88 Å². The zero-order valence-electron chi connectivity index (χ0n) is 16.0. The molecule has 0 aliphatic carbocycles. The lowest BCUT2D eigenvalue weighted by Gasteiger charge is -2.19. The summed E-state index contributed by atoms with van der Waals surface area (Å²) in [7, 11) is 0. The van der Waals surface area contributed by atoms with E-state index >= 15 is 0 Å². The normalized spacial score (nSPS) is 13.6. The van der Waals surface area contributed by atoms with Crippen LogP contribution in [0.25, 0.3) is 23.2 Å². The fourth-order valence-electron chi connectivity index (χ4n) is 3.21. The first-order chi connectivity index (χ1) is 13.3. The van der Waals surface area contributed by atoms with Crippen LogP contribution in [0.2, 0.25) is 0 Å². The largest absolute Gasteiger partial charge is 0.494 e. The number of H-pyrrole nitrogens is 1. The van der Waals surface area contributed by atoms with Gasteiger partial charge in [-0.15, -0.1) is 0 Å². The van der Waals surface area contributed by atoms with Gasteiger partial charge in [0, 0.05) is 21.7 Å². The fourth-order valence-corrected chi connectivity index (χ4v) is 3.21. The Bertz CT molecular complexity index is 1230. The van der Waals surface area contributed by atoms with Crippen LogP contribution in [0.1, 0.15) is 31.9 Å². The van der Waals surface area contributed by atoms with Gasteiger partial charge in [0.05, 0.1) is 18.3 Å². The lowest BCUT2D eigenvalue weighted by Crippen LogP contribution is -2.24. The lowest BCUT2D eigenvalue weighted by atomic mass is 10.1. The molecule has 0 saturated carbocycles. The SMILES string of the molecule is CC(C)(C)OC(=O)Cc1ccc2[nH]c(O)c(C=c3ccc4c(c3)N=NC=4)c2c1. The first kappa shape index (κ1) is 18.0. The van der Waals surface area contributed by atoms with Gasteiger partial charge in [-0.3, -0.25) is 4.79 Å². The summed E-state index contributed by atoms with van der Waals surface area (Å²) in [4.78, 5) is 15.1. The molecule has 0 spiro atoms. The van der Waals surface area contributed by atoms with E-state index in [-0.39, 0.29) is 18.3 Å². The summed E-state index contributed by atoms with van der Waals surface area (Å²) >= 11 is 0. The van der Waals surface area contributed by atoms with Gasteiger partial charge in [0.2, 0.25) is 0 Å². The standard InChI is InChI=1S/C22H21N3O3/c1-22(2,3)28-20(26)11-14-5-7-18-16(8-14)17(21(27)24-18)9-13-4-6-15-12-23-25-19(15)10-13/h4-10,12,24,27H,11H2,1-3H3. The van der Waals surface area contributed by atoms with Crippen molar-refractivity contribution in [2.24, 2.45) is 10.2 Å². The van der Waals surface area contributed by atoms with Crippen molar-refractivity contribution in [2.75, 3.05) is 0 Å². The van der Waals surface area contributed by atoms with Crippen LogP contribution in [0.4, 0.5) is 5.69 Å².